The molecule has 0 aromatic carbocycles. The second-order valence-electron chi connectivity index (χ2n) is 5.12. The van der Waals surface area contributed by atoms with Gasteiger partial charge < -0.3 is 5.32 Å². The fourth-order valence-electron chi connectivity index (χ4n) is 1.37. The van der Waals surface area contributed by atoms with Crippen molar-refractivity contribution in [3.8, 4) is 0 Å². The van der Waals surface area contributed by atoms with E-state index in [0.29, 0.717) is 29.3 Å². The molecule has 0 aliphatic heterocycles. The van der Waals surface area contributed by atoms with E-state index in [1.54, 1.807) is 6.07 Å². The summed E-state index contributed by atoms with van der Waals surface area (Å²) in [5.74, 6) is 0.358. The molecule has 0 saturated heterocycles. The van der Waals surface area contributed by atoms with Gasteiger partial charge in [0.05, 0.1) is 0 Å². The zero-order chi connectivity index (χ0) is 14.5. The lowest BCUT2D eigenvalue weighted by Gasteiger charge is -2.09. The third-order valence-corrected chi connectivity index (χ3v) is 5.91. The molecule has 1 aromatic heterocycles. The average Bonchev–Trinajstić information content (AvgIpc) is 2.83. The Balaban J connectivity index is 2.63. The van der Waals surface area contributed by atoms with E-state index in [9.17, 15) is 8.42 Å². The van der Waals surface area contributed by atoms with Crippen molar-refractivity contribution >= 4 is 21.4 Å². The van der Waals surface area contributed by atoms with E-state index in [4.69, 9.17) is 0 Å². The molecule has 1 heterocycles. The third-order valence-electron chi connectivity index (χ3n) is 2.91. The van der Waals surface area contributed by atoms with Crippen molar-refractivity contribution in [3.63, 3.8) is 0 Å². The van der Waals surface area contributed by atoms with Crippen LogP contribution in [0.4, 0.5) is 0 Å². The Labute approximate surface area is 120 Å². The first kappa shape index (κ1) is 16.6. The van der Waals surface area contributed by atoms with Crippen LogP contribution in [0.25, 0.3) is 0 Å². The Morgan fingerprint density at radius 2 is 1.95 bits per heavy atom. The van der Waals surface area contributed by atoms with E-state index in [1.165, 1.54) is 11.3 Å². The maximum absolute atomic E-state index is 12.1. The fraction of sp³-hybridized carbons (Fsp3) is 0.692. The summed E-state index contributed by atoms with van der Waals surface area (Å²) in [5, 5.41) is 3.28. The van der Waals surface area contributed by atoms with Crippen molar-refractivity contribution in [1.82, 2.24) is 10.0 Å². The lowest BCUT2D eigenvalue weighted by molar-refractivity contribution is 0.529. The number of sulfonamides is 1. The lowest BCUT2D eigenvalue weighted by Crippen LogP contribution is -2.27. The van der Waals surface area contributed by atoms with Crippen molar-refractivity contribution in [1.29, 1.82) is 0 Å². The summed E-state index contributed by atoms with van der Waals surface area (Å²) in [6.07, 6.45) is 0.969. The molecule has 1 aromatic rings. The normalized spacial score (nSPS) is 13.9. The molecule has 0 bridgehead atoms. The van der Waals surface area contributed by atoms with Gasteiger partial charge in [0.15, 0.2) is 0 Å². The number of hydrogen-bond donors (Lipinski definition) is 2. The molecule has 0 spiro atoms. The van der Waals surface area contributed by atoms with Crippen LogP contribution in [-0.4, -0.2) is 21.0 Å². The van der Waals surface area contributed by atoms with Gasteiger partial charge >= 0.3 is 0 Å². The van der Waals surface area contributed by atoms with Crippen LogP contribution in [0.3, 0.4) is 0 Å². The second-order valence-corrected chi connectivity index (χ2v) is 8.28. The number of rotatable bonds is 8. The van der Waals surface area contributed by atoms with Gasteiger partial charge in [0.1, 0.15) is 4.21 Å². The van der Waals surface area contributed by atoms with E-state index in [2.05, 4.69) is 30.8 Å². The highest BCUT2D eigenvalue weighted by Gasteiger charge is 2.17. The van der Waals surface area contributed by atoms with Crippen LogP contribution in [0.2, 0.25) is 0 Å². The van der Waals surface area contributed by atoms with Crippen LogP contribution in [0.15, 0.2) is 16.3 Å². The molecule has 1 atom stereocenters. The smallest absolute Gasteiger partial charge is 0.250 e. The highest BCUT2D eigenvalue weighted by molar-refractivity contribution is 7.91. The first-order chi connectivity index (χ1) is 8.85. The van der Waals surface area contributed by atoms with Crippen molar-refractivity contribution in [2.45, 2.75) is 50.9 Å². The van der Waals surface area contributed by atoms with Gasteiger partial charge in [-0.25, -0.2) is 13.1 Å². The molecule has 6 heteroatoms. The minimum absolute atomic E-state index is 0.358. The molecule has 0 aliphatic rings. The van der Waals surface area contributed by atoms with Gasteiger partial charge in [0.25, 0.3) is 0 Å². The van der Waals surface area contributed by atoms with Crippen LogP contribution >= 0.6 is 11.3 Å². The fourth-order valence-corrected chi connectivity index (χ4v) is 3.89. The van der Waals surface area contributed by atoms with Crippen LogP contribution < -0.4 is 10.0 Å². The summed E-state index contributed by atoms with van der Waals surface area (Å²) in [5.41, 5.74) is 0. The molecule has 0 fully saturated rings. The van der Waals surface area contributed by atoms with Gasteiger partial charge in [-0.3, -0.25) is 0 Å². The van der Waals surface area contributed by atoms with Gasteiger partial charge in [-0.05, 0) is 18.1 Å². The highest BCUT2D eigenvalue weighted by Crippen LogP contribution is 2.21. The summed E-state index contributed by atoms with van der Waals surface area (Å²) in [7, 11) is -3.34. The number of hydrogen-bond acceptors (Lipinski definition) is 4. The van der Waals surface area contributed by atoms with Crippen LogP contribution in [0.1, 0.15) is 39.0 Å². The van der Waals surface area contributed by atoms with Gasteiger partial charge in [-0.2, -0.15) is 0 Å². The Morgan fingerprint density at radius 3 is 2.53 bits per heavy atom. The predicted octanol–water partition coefficient (Wildman–Crippen LogP) is 2.57. The van der Waals surface area contributed by atoms with Crippen LogP contribution in [0, 0.1) is 5.92 Å². The quantitative estimate of drug-likeness (QED) is 0.776. The maximum Gasteiger partial charge on any atom is 0.250 e. The Bertz CT molecular complexity index is 481. The van der Waals surface area contributed by atoms with Crippen molar-refractivity contribution in [3.05, 3.63) is 17.0 Å². The summed E-state index contributed by atoms with van der Waals surface area (Å²) in [6.45, 7) is 9.44. The van der Waals surface area contributed by atoms with Gasteiger partial charge in [0, 0.05) is 24.0 Å². The third kappa shape index (κ3) is 5.60. The predicted molar refractivity (Wildman–Crippen MR) is 80.9 cm³/mol. The zero-order valence-corrected chi connectivity index (χ0v) is 13.7. The first-order valence-electron chi connectivity index (χ1n) is 6.67. The lowest BCUT2D eigenvalue weighted by atomic mass is 10.1. The van der Waals surface area contributed by atoms with Crippen molar-refractivity contribution in [2.24, 2.45) is 5.92 Å². The Hall–Kier alpha value is -0.430. The van der Waals surface area contributed by atoms with E-state index in [-0.39, 0.29) is 0 Å². The summed E-state index contributed by atoms with van der Waals surface area (Å²) >= 11 is 1.33. The SMILES string of the molecule is CCC(C)CNS(=O)(=O)c1ccc(CNC(C)C)s1. The van der Waals surface area contributed by atoms with E-state index in [0.717, 1.165) is 11.3 Å². The van der Waals surface area contributed by atoms with Crippen molar-refractivity contribution in [2.75, 3.05) is 6.54 Å². The monoisotopic (exact) mass is 304 g/mol. The molecule has 4 nitrogen and oxygen atoms in total. The maximum atomic E-state index is 12.1. The molecular formula is C13H24N2O2S2. The molecule has 2 N–H and O–H groups in total. The van der Waals surface area contributed by atoms with E-state index in [1.807, 2.05) is 13.0 Å². The van der Waals surface area contributed by atoms with E-state index >= 15 is 0 Å². The molecular weight excluding hydrogens is 280 g/mol. The highest BCUT2D eigenvalue weighted by atomic mass is 32.2. The summed E-state index contributed by atoms with van der Waals surface area (Å²) in [6, 6.07) is 3.95. The molecule has 0 saturated carbocycles. The zero-order valence-electron chi connectivity index (χ0n) is 12.1. The minimum atomic E-state index is -3.34. The molecule has 1 rings (SSSR count). The topological polar surface area (TPSA) is 58.2 Å². The van der Waals surface area contributed by atoms with Crippen LogP contribution in [-0.2, 0) is 16.6 Å². The van der Waals surface area contributed by atoms with Crippen molar-refractivity contribution < 1.29 is 8.42 Å². The molecule has 1 unspecified atom stereocenters. The number of nitrogens with one attached hydrogen (secondary N) is 2. The molecule has 0 radical (unpaired) electrons. The Kier molecular flexibility index (Phi) is 6.46. The Morgan fingerprint density at radius 1 is 1.26 bits per heavy atom. The minimum Gasteiger partial charge on any atom is -0.310 e. The number of thiophene rings is 1. The second kappa shape index (κ2) is 7.38. The van der Waals surface area contributed by atoms with Gasteiger partial charge in [0.2, 0.25) is 10.0 Å². The molecule has 110 valence electrons. The molecule has 0 aliphatic carbocycles. The van der Waals surface area contributed by atoms with Gasteiger partial charge in [-0.1, -0.05) is 34.1 Å². The molecule has 19 heavy (non-hydrogen) atoms. The standard InChI is InChI=1S/C13H24N2O2S2/c1-5-11(4)8-15-19(16,17)13-7-6-12(18-13)9-14-10(2)3/h6-7,10-11,14-15H,5,8-9H2,1-4H3. The summed E-state index contributed by atoms with van der Waals surface area (Å²) < 4.78 is 27.2. The van der Waals surface area contributed by atoms with Crippen LogP contribution in [0.5, 0.6) is 0 Å². The average molecular weight is 304 g/mol. The summed E-state index contributed by atoms with van der Waals surface area (Å²) in [4.78, 5) is 1.04. The van der Waals surface area contributed by atoms with Gasteiger partial charge in [-0.15, -0.1) is 11.3 Å². The molecule has 0 amide bonds. The first-order valence-corrected chi connectivity index (χ1v) is 8.97. The largest absolute Gasteiger partial charge is 0.310 e. The van der Waals surface area contributed by atoms with E-state index < -0.39 is 10.0 Å².